The van der Waals surface area contributed by atoms with E-state index >= 15 is 0 Å². The summed E-state index contributed by atoms with van der Waals surface area (Å²) in [6.45, 7) is 9.29. The summed E-state index contributed by atoms with van der Waals surface area (Å²) in [7, 11) is 0. The van der Waals surface area contributed by atoms with Crippen LogP contribution in [0.2, 0.25) is 0 Å². The summed E-state index contributed by atoms with van der Waals surface area (Å²) in [4.78, 5) is 13.3. The van der Waals surface area contributed by atoms with Crippen LogP contribution in [-0.2, 0) is 17.0 Å². The van der Waals surface area contributed by atoms with Crippen molar-refractivity contribution in [2.75, 3.05) is 6.61 Å². The second-order valence-corrected chi connectivity index (χ2v) is 9.03. The van der Waals surface area contributed by atoms with E-state index in [9.17, 15) is 4.79 Å². The van der Waals surface area contributed by atoms with E-state index in [0.29, 0.717) is 24.3 Å². The molecule has 0 unspecified atom stereocenters. The molecule has 0 bridgehead atoms. The van der Waals surface area contributed by atoms with Crippen LogP contribution < -0.4 is 5.56 Å². The van der Waals surface area contributed by atoms with Gasteiger partial charge < -0.3 is 4.74 Å². The van der Waals surface area contributed by atoms with Crippen molar-refractivity contribution in [2.24, 2.45) is 0 Å². The first-order valence-corrected chi connectivity index (χ1v) is 11.6. The zero-order valence-corrected chi connectivity index (χ0v) is 19.3. The molecule has 0 atom stereocenters. The molecule has 0 fully saturated rings. The number of ether oxygens (including phenoxy) is 1. The number of aryl methyl sites for hydroxylation is 3. The van der Waals surface area contributed by atoms with Gasteiger partial charge in [-0.3, -0.25) is 13.8 Å². The molecule has 2 aromatic heterocycles. The summed E-state index contributed by atoms with van der Waals surface area (Å²) in [6.07, 6.45) is 0.914. The molecule has 6 nitrogen and oxygen atoms in total. The number of aromatic nitrogens is 4. The topological polar surface area (TPSA) is 61.4 Å². The molecule has 0 aliphatic rings. The lowest BCUT2D eigenvalue weighted by atomic mass is 10.1. The first-order chi connectivity index (χ1) is 15.0. The monoisotopic (exact) mass is 436 g/mol. The predicted octanol–water partition coefficient (Wildman–Crippen LogP) is 4.77. The molecule has 4 rings (SSSR count). The van der Waals surface area contributed by atoms with Crippen molar-refractivity contribution in [3.8, 4) is 0 Å². The second kappa shape index (κ2) is 9.24. The van der Waals surface area contributed by atoms with Gasteiger partial charge in [-0.1, -0.05) is 47.7 Å². The summed E-state index contributed by atoms with van der Waals surface area (Å²) in [6, 6.07) is 14.3. The fourth-order valence-electron chi connectivity index (χ4n) is 3.65. The van der Waals surface area contributed by atoms with Crippen molar-refractivity contribution in [1.29, 1.82) is 0 Å². The van der Waals surface area contributed by atoms with Crippen LogP contribution in [0.5, 0.6) is 0 Å². The van der Waals surface area contributed by atoms with Gasteiger partial charge in [0.05, 0.1) is 17.0 Å². The molecule has 0 radical (unpaired) electrons. The molecule has 0 saturated carbocycles. The standard InChI is InChI=1S/C24H28N4O2S/c1-16(2)30-13-7-12-27-22(29)20-14-17(3)10-11-21(20)28-23(27)25-26-24(28)31-15-19-9-6-5-8-18(19)4/h5-6,8-11,14,16H,7,12-13,15H2,1-4H3. The molecule has 0 aliphatic carbocycles. The van der Waals surface area contributed by atoms with Crippen LogP contribution in [0.25, 0.3) is 16.7 Å². The maximum Gasteiger partial charge on any atom is 0.262 e. The van der Waals surface area contributed by atoms with Gasteiger partial charge in [-0.15, -0.1) is 10.2 Å². The fraction of sp³-hybridized carbons (Fsp3) is 0.375. The van der Waals surface area contributed by atoms with Crippen molar-refractivity contribution in [2.45, 2.75) is 57.7 Å². The Morgan fingerprint density at radius 2 is 1.90 bits per heavy atom. The highest BCUT2D eigenvalue weighted by Crippen LogP contribution is 2.26. The minimum Gasteiger partial charge on any atom is -0.379 e. The van der Waals surface area contributed by atoms with Gasteiger partial charge in [0.1, 0.15) is 0 Å². The lowest BCUT2D eigenvalue weighted by molar-refractivity contribution is 0.0748. The zero-order chi connectivity index (χ0) is 22.0. The minimum atomic E-state index is -0.0291. The van der Waals surface area contributed by atoms with E-state index in [1.165, 1.54) is 11.1 Å². The molecule has 0 N–H and O–H groups in total. The highest BCUT2D eigenvalue weighted by atomic mass is 32.2. The Balaban J connectivity index is 1.76. The second-order valence-electron chi connectivity index (χ2n) is 8.08. The van der Waals surface area contributed by atoms with Crippen molar-refractivity contribution in [3.63, 3.8) is 0 Å². The van der Waals surface area contributed by atoms with E-state index < -0.39 is 0 Å². The maximum absolute atomic E-state index is 13.3. The van der Waals surface area contributed by atoms with E-state index in [1.54, 1.807) is 16.3 Å². The molecule has 0 saturated heterocycles. The van der Waals surface area contributed by atoms with Crippen molar-refractivity contribution in [1.82, 2.24) is 19.2 Å². The highest BCUT2D eigenvalue weighted by molar-refractivity contribution is 7.98. The quantitative estimate of drug-likeness (QED) is 0.294. The highest BCUT2D eigenvalue weighted by Gasteiger charge is 2.17. The van der Waals surface area contributed by atoms with E-state index in [1.807, 2.05) is 49.4 Å². The largest absolute Gasteiger partial charge is 0.379 e. The summed E-state index contributed by atoms with van der Waals surface area (Å²) in [5.41, 5.74) is 4.40. The number of hydrogen-bond acceptors (Lipinski definition) is 5. The molecule has 7 heteroatoms. The molecule has 2 aromatic carbocycles. The van der Waals surface area contributed by atoms with Gasteiger partial charge in [-0.05, 0) is 57.4 Å². The third-order valence-corrected chi connectivity index (χ3v) is 6.30. The third-order valence-electron chi connectivity index (χ3n) is 5.32. The Kier molecular flexibility index (Phi) is 6.43. The van der Waals surface area contributed by atoms with E-state index in [4.69, 9.17) is 4.74 Å². The number of thioether (sulfide) groups is 1. The van der Waals surface area contributed by atoms with Crippen molar-refractivity contribution in [3.05, 3.63) is 69.5 Å². The average Bonchev–Trinajstić information content (AvgIpc) is 3.16. The molecule has 0 amide bonds. The molecule has 162 valence electrons. The molecule has 0 spiro atoms. The summed E-state index contributed by atoms with van der Waals surface area (Å²) < 4.78 is 9.41. The van der Waals surface area contributed by atoms with Crippen LogP contribution in [0.4, 0.5) is 0 Å². The fourth-order valence-corrected chi connectivity index (χ4v) is 4.67. The smallest absolute Gasteiger partial charge is 0.262 e. The first kappa shape index (κ1) is 21.6. The van der Waals surface area contributed by atoms with Crippen LogP contribution in [0.1, 0.15) is 37.0 Å². The number of hydrogen-bond donors (Lipinski definition) is 0. The van der Waals surface area contributed by atoms with Crippen LogP contribution in [-0.4, -0.2) is 31.9 Å². The lowest BCUT2D eigenvalue weighted by Gasteiger charge is -2.13. The number of rotatable bonds is 8. The summed E-state index contributed by atoms with van der Waals surface area (Å²) in [5.74, 6) is 1.38. The van der Waals surface area contributed by atoms with Gasteiger partial charge in [0.15, 0.2) is 5.16 Å². The molecule has 31 heavy (non-hydrogen) atoms. The Morgan fingerprint density at radius 3 is 2.68 bits per heavy atom. The molecule has 4 aromatic rings. The average molecular weight is 437 g/mol. The summed E-state index contributed by atoms with van der Waals surface area (Å²) >= 11 is 1.64. The van der Waals surface area contributed by atoms with Crippen LogP contribution >= 0.6 is 11.8 Å². The van der Waals surface area contributed by atoms with Crippen molar-refractivity contribution >= 4 is 28.4 Å². The predicted molar refractivity (Wildman–Crippen MR) is 126 cm³/mol. The van der Waals surface area contributed by atoms with E-state index in [2.05, 4.69) is 35.3 Å². The van der Waals surface area contributed by atoms with Gasteiger partial charge in [-0.2, -0.15) is 0 Å². The summed E-state index contributed by atoms with van der Waals surface area (Å²) in [5, 5.41) is 10.4. The SMILES string of the molecule is Cc1ccc2c(c1)c(=O)n(CCCOC(C)C)c1nnc(SCc3ccccc3C)n21. The Labute approximate surface area is 186 Å². The Bertz CT molecular complexity index is 1280. The number of fused-ring (bicyclic) bond motifs is 3. The molecule has 0 aliphatic heterocycles. The van der Waals surface area contributed by atoms with Gasteiger partial charge in [0.25, 0.3) is 5.56 Å². The molecule has 2 heterocycles. The van der Waals surface area contributed by atoms with Gasteiger partial charge in [0.2, 0.25) is 5.78 Å². The zero-order valence-electron chi connectivity index (χ0n) is 18.5. The normalized spacial score (nSPS) is 11.8. The Morgan fingerprint density at radius 1 is 1.10 bits per heavy atom. The van der Waals surface area contributed by atoms with E-state index in [-0.39, 0.29) is 11.7 Å². The number of benzene rings is 2. The van der Waals surface area contributed by atoms with Crippen LogP contribution in [0, 0.1) is 13.8 Å². The van der Waals surface area contributed by atoms with Crippen LogP contribution in [0.3, 0.4) is 0 Å². The van der Waals surface area contributed by atoms with E-state index in [0.717, 1.165) is 28.4 Å². The number of nitrogens with zero attached hydrogens (tertiary/aromatic N) is 4. The van der Waals surface area contributed by atoms with Gasteiger partial charge >= 0.3 is 0 Å². The molecular weight excluding hydrogens is 408 g/mol. The first-order valence-electron chi connectivity index (χ1n) is 10.6. The lowest BCUT2D eigenvalue weighted by Crippen LogP contribution is -2.24. The Hall–Kier alpha value is -2.64. The van der Waals surface area contributed by atoms with Gasteiger partial charge in [0, 0.05) is 18.9 Å². The van der Waals surface area contributed by atoms with Gasteiger partial charge in [-0.25, -0.2) is 0 Å². The van der Waals surface area contributed by atoms with Crippen molar-refractivity contribution < 1.29 is 4.74 Å². The third kappa shape index (κ3) is 4.52. The maximum atomic E-state index is 13.3. The van der Waals surface area contributed by atoms with Crippen LogP contribution in [0.15, 0.2) is 52.4 Å². The molecular formula is C24H28N4O2S. The minimum absolute atomic E-state index is 0.0291.